The Kier molecular flexibility index (Phi) is 3.55. The molecule has 1 rings (SSSR count). The molecular weight excluding hydrogens is 194 g/mol. The molecular formula is C11H13NO3. The molecule has 4 nitrogen and oxygen atoms in total. The fourth-order valence-electron chi connectivity index (χ4n) is 1.47. The molecule has 1 atom stereocenters. The minimum Gasteiger partial charge on any atom is -0.300 e. The van der Waals surface area contributed by atoms with Crippen molar-refractivity contribution in [2.75, 3.05) is 0 Å². The summed E-state index contributed by atoms with van der Waals surface area (Å²) in [4.78, 5) is 20.9. The highest BCUT2D eigenvalue weighted by Gasteiger charge is 2.10. The normalized spacial score (nSPS) is 12.1. The van der Waals surface area contributed by atoms with Crippen LogP contribution >= 0.6 is 0 Å². The van der Waals surface area contributed by atoms with Gasteiger partial charge < -0.3 is 4.79 Å². The highest BCUT2D eigenvalue weighted by atomic mass is 16.6. The molecule has 0 N–H and O–H groups in total. The monoisotopic (exact) mass is 207 g/mol. The van der Waals surface area contributed by atoms with Gasteiger partial charge in [0.2, 0.25) is 0 Å². The maximum absolute atomic E-state index is 10.9. The largest absolute Gasteiger partial charge is 0.300 e. The van der Waals surface area contributed by atoms with Crippen LogP contribution in [0.3, 0.4) is 0 Å². The molecule has 0 saturated heterocycles. The Morgan fingerprint density at radius 2 is 1.93 bits per heavy atom. The predicted octanol–water partition coefficient (Wildman–Crippen LogP) is 2.68. The predicted molar refractivity (Wildman–Crippen MR) is 56.8 cm³/mol. The average molecular weight is 207 g/mol. The fourth-order valence-corrected chi connectivity index (χ4v) is 1.47. The highest BCUT2D eigenvalue weighted by molar-refractivity contribution is 5.76. The Morgan fingerprint density at radius 1 is 1.40 bits per heavy atom. The van der Waals surface area contributed by atoms with Crippen molar-refractivity contribution in [1.29, 1.82) is 0 Å². The average Bonchev–Trinajstić information content (AvgIpc) is 2.17. The van der Waals surface area contributed by atoms with Crippen LogP contribution in [0.15, 0.2) is 24.3 Å². The summed E-state index contributed by atoms with van der Waals surface area (Å²) in [5.41, 5.74) is 1.03. The zero-order valence-corrected chi connectivity index (χ0v) is 8.77. The van der Waals surface area contributed by atoms with E-state index in [1.807, 2.05) is 6.92 Å². The first-order valence-electron chi connectivity index (χ1n) is 4.74. The van der Waals surface area contributed by atoms with E-state index in [1.165, 1.54) is 12.1 Å². The number of nitrogens with zero attached hydrogens (tertiary/aromatic N) is 1. The lowest BCUT2D eigenvalue weighted by Crippen LogP contribution is -2.00. The summed E-state index contributed by atoms with van der Waals surface area (Å²) in [7, 11) is 0. The maximum Gasteiger partial charge on any atom is 0.269 e. The molecule has 0 unspecified atom stereocenters. The van der Waals surface area contributed by atoms with Crippen LogP contribution in [0.2, 0.25) is 0 Å². The van der Waals surface area contributed by atoms with Gasteiger partial charge in [0.1, 0.15) is 5.78 Å². The van der Waals surface area contributed by atoms with Crippen molar-refractivity contribution >= 4 is 11.5 Å². The van der Waals surface area contributed by atoms with Crippen LogP contribution in [0, 0.1) is 10.1 Å². The number of hydrogen-bond acceptors (Lipinski definition) is 3. The van der Waals surface area contributed by atoms with E-state index in [-0.39, 0.29) is 17.4 Å². The Balaban J connectivity index is 2.79. The van der Waals surface area contributed by atoms with Crippen LogP contribution < -0.4 is 0 Å². The van der Waals surface area contributed by atoms with Crippen molar-refractivity contribution < 1.29 is 9.72 Å². The number of non-ortho nitro benzene ring substituents is 1. The molecule has 0 heterocycles. The van der Waals surface area contributed by atoms with Gasteiger partial charge in [-0.2, -0.15) is 0 Å². The van der Waals surface area contributed by atoms with Gasteiger partial charge in [0, 0.05) is 18.6 Å². The molecule has 1 aromatic carbocycles. The minimum atomic E-state index is -0.431. The second-order valence-corrected chi connectivity index (χ2v) is 3.66. The molecule has 0 spiro atoms. The van der Waals surface area contributed by atoms with Gasteiger partial charge >= 0.3 is 0 Å². The van der Waals surface area contributed by atoms with Crippen LogP contribution in [-0.4, -0.2) is 10.7 Å². The zero-order chi connectivity index (χ0) is 11.4. The van der Waals surface area contributed by atoms with Crippen molar-refractivity contribution in [1.82, 2.24) is 0 Å². The first-order valence-corrected chi connectivity index (χ1v) is 4.74. The molecule has 0 aliphatic heterocycles. The summed E-state index contributed by atoms with van der Waals surface area (Å²) in [5, 5.41) is 10.4. The quantitative estimate of drug-likeness (QED) is 0.563. The number of hydrogen-bond donors (Lipinski definition) is 0. The molecule has 15 heavy (non-hydrogen) atoms. The van der Waals surface area contributed by atoms with E-state index >= 15 is 0 Å². The van der Waals surface area contributed by atoms with Crippen molar-refractivity contribution in [3.05, 3.63) is 39.9 Å². The molecule has 0 aromatic heterocycles. The second kappa shape index (κ2) is 4.68. The van der Waals surface area contributed by atoms with E-state index in [9.17, 15) is 14.9 Å². The highest BCUT2D eigenvalue weighted by Crippen LogP contribution is 2.21. The molecule has 80 valence electrons. The Bertz CT molecular complexity index is 370. The Hall–Kier alpha value is -1.71. The lowest BCUT2D eigenvalue weighted by atomic mass is 9.96. The zero-order valence-electron chi connectivity index (χ0n) is 8.77. The molecule has 1 aromatic rings. The Labute approximate surface area is 88.1 Å². The van der Waals surface area contributed by atoms with E-state index in [4.69, 9.17) is 0 Å². The minimum absolute atomic E-state index is 0.0776. The van der Waals surface area contributed by atoms with E-state index in [0.29, 0.717) is 6.42 Å². The standard InChI is InChI=1S/C11H13NO3/c1-8(7-9(2)13)10-3-5-11(6-4-10)12(14)15/h3-6,8H,7H2,1-2H3/t8-/m1/s1. The second-order valence-electron chi connectivity index (χ2n) is 3.66. The summed E-state index contributed by atoms with van der Waals surface area (Å²) in [6.45, 7) is 3.48. The topological polar surface area (TPSA) is 60.2 Å². The van der Waals surface area contributed by atoms with Crippen molar-refractivity contribution in [3.8, 4) is 0 Å². The van der Waals surface area contributed by atoms with Crippen LogP contribution in [0.1, 0.15) is 31.7 Å². The molecule has 0 saturated carbocycles. The summed E-state index contributed by atoms with van der Waals surface area (Å²) < 4.78 is 0. The lowest BCUT2D eigenvalue weighted by Gasteiger charge is -2.08. The summed E-state index contributed by atoms with van der Waals surface area (Å²) in [6.07, 6.45) is 0.470. The number of benzene rings is 1. The van der Waals surface area contributed by atoms with Gasteiger partial charge in [-0.3, -0.25) is 10.1 Å². The number of Topliss-reactive ketones (excluding diaryl/α,β-unsaturated/α-hetero) is 1. The number of rotatable bonds is 4. The van der Waals surface area contributed by atoms with E-state index in [0.717, 1.165) is 5.56 Å². The third-order valence-electron chi connectivity index (χ3n) is 2.27. The SMILES string of the molecule is CC(=O)C[C@@H](C)c1ccc([N+](=O)[O-])cc1. The van der Waals surface area contributed by atoms with Gasteiger partial charge in [0.15, 0.2) is 0 Å². The molecule has 0 radical (unpaired) electrons. The van der Waals surface area contributed by atoms with Gasteiger partial charge in [-0.1, -0.05) is 19.1 Å². The van der Waals surface area contributed by atoms with Gasteiger partial charge in [-0.15, -0.1) is 0 Å². The van der Waals surface area contributed by atoms with E-state index in [1.54, 1.807) is 19.1 Å². The van der Waals surface area contributed by atoms with Crippen LogP contribution in [0.4, 0.5) is 5.69 Å². The third kappa shape index (κ3) is 3.16. The molecule has 0 fully saturated rings. The van der Waals surface area contributed by atoms with Crippen molar-refractivity contribution in [2.24, 2.45) is 0 Å². The fraction of sp³-hybridized carbons (Fsp3) is 0.364. The number of carbonyl (C=O) groups excluding carboxylic acids is 1. The number of nitro benzene ring substituents is 1. The number of ketones is 1. The number of nitro groups is 1. The van der Waals surface area contributed by atoms with Gasteiger partial charge in [0.25, 0.3) is 5.69 Å². The van der Waals surface area contributed by atoms with Crippen LogP contribution in [0.25, 0.3) is 0 Å². The summed E-state index contributed by atoms with van der Waals surface area (Å²) in [5.74, 6) is 0.240. The van der Waals surface area contributed by atoms with Crippen LogP contribution in [0.5, 0.6) is 0 Å². The Morgan fingerprint density at radius 3 is 2.33 bits per heavy atom. The van der Waals surface area contributed by atoms with Crippen molar-refractivity contribution in [3.63, 3.8) is 0 Å². The van der Waals surface area contributed by atoms with Crippen LogP contribution in [-0.2, 0) is 4.79 Å². The summed E-state index contributed by atoms with van der Waals surface area (Å²) >= 11 is 0. The summed E-state index contributed by atoms with van der Waals surface area (Å²) in [6, 6.07) is 6.33. The smallest absolute Gasteiger partial charge is 0.269 e. The first kappa shape index (κ1) is 11.4. The molecule has 0 bridgehead atoms. The van der Waals surface area contributed by atoms with E-state index < -0.39 is 4.92 Å². The van der Waals surface area contributed by atoms with Gasteiger partial charge in [-0.05, 0) is 18.4 Å². The number of carbonyl (C=O) groups is 1. The first-order chi connectivity index (χ1) is 7.00. The van der Waals surface area contributed by atoms with Crippen molar-refractivity contribution in [2.45, 2.75) is 26.2 Å². The molecule has 0 amide bonds. The van der Waals surface area contributed by atoms with Gasteiger partial charge in [0.05, 0.1) is 4.92 Å². The maximum atomic E-state index is 10.9. The molecule has 0 aliphatic rings. The van der Waals surface area contributed by atoms with E-state index in [2.05, 4.69) is 0 Å². The van der Waals surface area contributed by atoms with Gasteiger partial charge in [-0.25, -0.2) is 0 Å². The molecule has 0 aliphatic carbocycles. The lowest BCUT2D eigenvalue weighted by molar-refractivity contribution is -0.384. The molecule has 4 heteroatoms. The third-order valence-corrected chi connectivity index (χ3v) is 2.27.